The summed E-state index contributed by atoms with van der Waals surface area (Å²) in [5, 5.41) is 13.0. The third-order valence-electron chi connectivity index (χ3n) is 2.11. The number of aryl methyl sites for hydroxylation is 1. The Labute approximate surface area is 95.6 Å². The van der Waals surface area contributed by atoms with E-state index < -0.39 is 0 Å². The van der Waals surface area contributed by atoms with E-state index in [9.17, 15) is 0 Å². The maximum absolute atomic E-state index is 8.67. The summed E-state index contributed by atoms with van der Waals surface area (Å²) in [6, 6.07) is 0. The molecule has 0 spiro atoms. The van der Waals surface area contributed by atoms with E-state index in [1.165, 1.54) is 9.88 Å². The molecule has 0 aromatic carbocycles. The molecule has 0 saturated carbocycles. The molecule has 86 valence electrons. The first-order valence-electron chi connectivity index (χ1n) is 5.23. The Morgan fingerprint density at radius 2 is 2.07 bits per heavy atom. The third-order valence-corrected chi connectivity index (χ3v) is 3.69. The number of nitrogens with zero attached hydrogens (tertiary/aromatic N) is 1. The number of aliphatic hydroxyl groups excluding tert-OH is 1. The first-order chi connectivity index (χ1) is 6.95. The molecule has 1 aromatic rings. The van der Waals surface area contributed by atoms with Crippen molar-refractivity contribution in [1.29, 1.82) is 0 Å². The van der Waals surface area contributed by atoms with Crippen molar-refractivity contribution in [2.24, 2.45) is 0 Å². The largest absolute Gasteiger partial charge is 0.395 e. The molecule has 0 bridgehead atoms. The van der Waals surface area contributed by atoms with Crippen LogP contribution in [0.3, 0.4) is 0 Å². The molecular weight excluding hydrogens is 208 g/mol. The van der Waals surface area contributed by atoms with Crippen LogP contribution in [0.4, 0.5) is 0 Å². The Morgan fingerprint density at radius 1 is 1.40 bits per heavy atom. The molecule has 0 aliphatic rings. The second kappa shape index (κ2) is 5.05. The lowest BCUT2D eigenvalue weighted by molar-refractivity contribution is 0.292. The molecule has 1 aromatic heterocycles. The van der Waals surface area contributed by atoms with Gasteiger partial charge in [-0.05, 0) is 6.92 Å². The van der Waals surface area contributed by atoms with Gasteiger partial charge in [-0.3, -0.25) is 0 Å². The van der Waals surface area contributed by atoms with Crippen molar-refractivity contribution in [2.75, 3.05) is 13.2 Å². The van der Waals surface area contributed by atoms with Gasteiger partial charge in [0.1, 0.15) is 0 Å². The highest BCUT2D eigenvalue weighted by Crippen LogP contribution is 2.28. The van der Waals surface area contributed by atoms with Crippen LogP contribution < -0.4 is 5.32 Å². The van der Waals surface area contributed by atoms with Gasteiger partial charge in [-0.2, -0.15) is 0 Å². The highest BCUT2D eigenvalue weighted by molar-refractivity contribution is 7.11. The quantitative estimate of drug-likeness (QED) is 0.773. The van der Waals surface area contributed by atoms with Gasteiger partial charge in [0.2, 0.25) is 0 Å². The van der Waals surface area contributed by atoms with Gasteiger partial charge >= 0.3 is 0 Å². The predicted molar refractivity (Wildman–Crippen MR) is 64.3 cm³/mol. The van der Waals surface area contributed by atoms with Gasteiger partial charge in [-0.15, -0.1) is 11.3 Å². The molecule has 0 aliphatic carbocycles. The minimum atomic E-state index is 0.130. The second-order valence-corrected chi connectivity index (χ2v) is 5.76. The molecule has 15 heavy (non-hydrogen) atoms. The van der Waals surface area contributed by atoms with Crippen LogP contribution in [-0.2, 0) is 12.0 Å². The molecule has 0 fully saturated rings. The summed E-state index contributed by atoms with van der Waals surface area (Å²) in [5.41, 5.74) is 1.24. The van der Waals surface area contributed by atoms with Gasteiger partial charge in [-0.1, -0.05) is 20.8 Å². The standard InChI is InChI=1S/C11H20N2OS/c1-8-9(7-12-5-6-14)15-10(13-8)11(2,3)4/h12,14H,5-7H2,1-4H3. The average molecular weight is 228 g/mol. The Kier molecular flexibility index (Phi) is 4.25. The Hall–Kier alpha value is -0.450. The number of thiazole rings is 1. The molecular formula is C11H20N2OS. The minimum Gasteiger partial charge on any atom is -0.395 e. The zero-order chi connectivity index (χ0) is 11.5. The number of nitrogens with one attached hydrogen (secondary N) is 1. The van der Waals surface area contributed by atoms with Gasteiger partial charge in [0, 0.05) is 23.4 Å². The zero-order valence-corrected chi connectivity index (χ0v) is 10.7. The number of aliphatic hydroxyl groups is 1. The Balaban J connectivity index is 2.69. The molecule has 2 N–H and O–H groups in total. The minimum absolute atomic E-state index is 0.130. The fourth-order valence-corrected chi connectivity index (χ4v) is 2.28. The molecule has 1 heterocycles. The van der Waals surface area contributed by atoms with Crippen molar-refractivity contribution < 1.29 is 5.11 Å². The van der Waals surface area contributed by atoms with Gasteiger partial charge < -0.3 is 10.4 Å². The molecule has 0 aliphatic heterocycles. The first-order valence-corrected chi connectivity index (χ1v) is 6.05. The summed E-state index contributed by atoms with van der Waals surface area (Å²) in [6.07, 6.45) is 0. The number of rotatable bonds is 4. The highest BCUT2D eigenvalue weighted by atomic mass is 32.1. The van der Waals surface area contributed by atoms with E-state index in [-0.39, 0.29) is 12.0 Å². The predicted octanol–water partition coefficient (Wildman–Crippen LogP) is 1.83. The van der Waals surface area contributed by atoms with E-state index in [1.54, 1.807) is 11.3 Å². The lowest BCUT2D eigenvalue weighted by Gasteiger charge is -2.13. The SMILES string of the molecule is Cc1nc(C(C)(C)C)sc1CNCCO. The molecule has 1 rings (SSSR count). The van der Waals surface area contributed by atoms with Crippen LogP contribution in [0.5, 0.6) is 0 Å². The topological polar surface area (TPSA) is 45.2 Å². The van der Waals surface area contributed by atoms with Crippen LogP contribution in [0.1, 0.15) is 36.3 Å². The third kappa shape index (κ3) is 3.55. The van der Waals surface area contributed by atoms with E-state index in [2.05, 4.69) is 31.1 Å². The summed E-state index contributed by atoms with van der Waals surface area (Å²) in [6.45, 7) is 10.2. The fourth-order valence-electron chi connectivity index (χ4n) is 1.19. The van der Waals surface area contributed by atoms with E-state index in [0.29, 0.717) is 6.54 Å². The van der Waals surface area contributed by atoms with Gasteiger partial charge in [-0.25, -0.2) is 4.98 Å². The van der Waals surface area contributed by atoms with Gasteiger partial charge in [0.15, 0.2) is 0 Å². The summed E-state index contributed by atoms with van der Waals surface area (Å²) in [5.74, 6) is 0. The van der Waals surface area contributed by atoms with Crippen LogP contribution >= 0.6 is 11.3 Å². The maximum Gasteiger partial charge on any atom is 0.0984 e. The van der Waals surface area contributed by atoms with Crippen molar-refractivity contribution >= 4 is 11.3 Å². The molecule has 0 saturated heterocycles. The normalized spacial score (nSPS) is 12.1. The van der Waals surface area contributed by atoms with Crippen molar-refractivity contribution in [3.05, 3.63) is 15.6 Å². The lowest BCUT2D eigenvalue weighted by atomic mass is 9.98. The van der Waals surface area contributed by atoms with Gasteiger partial charge in [0.25, 0.3) is 0 Å². The summed E-state index contributed by atoms with van der Waals surface area (Å²) >= 11 is 1.76. The summed E-state index contributed by atoms with van der Waals surface area (Å²) < 4.78 is 0. The van der Waals surface area contributed by atoms with E-state index >= 15 is 0 Å². The van der Waals surface area contributed by atoms with E-state index in [4.69, 9.17) is 5.11 Å². The maximum atomic E-state index is 8.67. The van der Waals surface area contributed by atoms with E-state index in [1.807, 2.05) is 6.92 Å². The van der Waals surface area contributed by atoms with Crippen molar-refractivity contribution in [3.8, 4) is 0 Å². The monoisotopic (exact) mass is 228 g/mol. The van der Waals surface area contributed by atoms with Crippen LogP contribution in [0, 0.1) is 6.92 Å². The van der Waals surface area contributed by atoms with Crippen molar-refractivity contribution in [3.63, 3.8) is 0 Å². The average Bonchev–Trinajstić information content (AvgIpc) is 2.48. The van der Waals surface area contributed by atoms with Crippen LogP contribution in [-0.4, -0.2) is 23.2 Å². The van der Waals surface area contributed by atoms with Crippen LogP contribution in [0.15, 0.2) is 0 Å². The van der Waals surface area contributed by atoms with Gasteiger partial charge in [0.05, 0.1) is 17.3 Å². The zero-order valence-electron chi connectivity index (χ0n) is 9.92. The number of aromatic nitrogens is 1. The number of hydrogen-bond donors (Lipinski definition) is 2. The molecule has 0 unspecified atom stereocenters. The Morgan fingerprint density at radius 3 is 2.53 bits per heavy atom. The molecule has 0 amide bonds. The lowest BCUT2D eigenvalue weighted by Crippen LogP contribution is -2.17. The second-order valence-electron chi connectivity index (χ2n) is 4.68. The molecule has 0 atom stereocenters. The highest BCUT2D eigenvalue weighted by Gasteiger charge is 2.19. The number of hydrogen-bond acceptors (Lipinski definition) is 4. The van der Waals surface area contributed by atoms with Crippen LogP contribution in [0.25, 0.3) is 0 Å². The molecule has 0 radical (unpaired) electrons. The summed E-state index contributed by atoms with van der Waals surface area (Å²) in [4.78, 5) is 5.85. The van der Waals surface area contributed by atoms with Crippen LogP contribution in [0.2, 0.25) is 0 Å². The fraction of sp³-hybridized carbons (Fsp3) is 0.727. The first kappa shape index (κ1) is 12.6. The molecule has 4 heteroatoms. The van der Waals surface area contributed by atoms with Crippen molar-refractivity contribution in [2.45, 2.75) is 39.7 Å². The summed E-state index contributed by atoms with van der Waals surface area (Å²) in [7, 11) is 0. The Bertz CT molecular complexity index is 315. The van der Waals surface area contributed by atoms with E-state index in [0.717, 1.165) is 12.2 Å². The smallest absolute Gasteiger partial charge is 0.0984 e. The molecule has 3 nitrogen and oxygen atoms in total. The van der Waals surface area contributed by atoms with Crippen molar-refractivity contribution in [1.82, 2.24) is 10.3 Å².